The summed E-state index contributed by atoms with van der Waals surface area (Å²) in [5.74, 6) is -3.26. The summed E-state index contributed by atoms with van der Waals surface area (Å²) in [6.45, 7) is 0. The number of carboxylic acid groups (broad SMARTS) is 2. The first kappa shape index (κ1) is 19.5. The molecular weight excluding hydrogens is 419 g/mol. The molecule has 0 atom stereocenters. The zero-order chi connectivity index (χ0) is 19.1. The van der Waals surface area contributed by atoms with E-state index in [1.807, 2.05) is 0 Å². The van der Waals surface area contributed by atoms with Gasteiger partial charge in [0.1, 0.15) is 4.90 Å². The van der Waals surface area contributed by atoms with Gasteiger partial charge in [-0.25, -0.2) is 9.59 Å². The highest BCUT2D eigenvalue weighted by molar-refractivity contribution is 7.86. The van der Waals surface area contributed by atoms with Gasteiger partial charge in [-0.3, -0.25) is 4.55 Å². The molecule has 0 aliphatic heterocycles. The summed E-state index contributed by atoms with van der Waals surface area (Å²) in [6, 6.07) is 3.85. The van der Waals surface area contributed by atoms with Crippen molar-refractivity contribution in [3.05, 3.63) is 50.5 Å². The Hall–Kier alpha value is -1.84. The summed E-state index contributed by atoms with van der Waals surface area (Å²) in [7, 11) is -5.13. The molecule has 0 saturated carbocycles. The van der Waals surface area contributed by atoms with Gasteiger partial charge in [0.25, 0.3) is 10.1 Å². The van der Waals surface area contributed by atoms with Crippen molar-refractivity contribution >= 4 is 56.9 Å². The Bertz CT molecular complexity index is 1020. The number of carbonyl (C=O) groups is 2. The molecule has 2 aromatic rings. The lowest BCUT2D eigenvalue weighted by atomic mass is 9.96. The van der Waals surface area contributed by atoms with Crippen molar-refractivity contribution < 1.29 is 32.8 Å². The van der Waals surface area contributed by atoms with Crippen LogP contribution < -0.4 is 0 Å². The van der Waals surface area contributed by atoms with Gasteiger partial charge in [-0.1, -0.05) is 34.8 Å². The van der Waals surface area contributed by atoms with Crippen LogP contribution >= 0.6 is 34.8 Å². The van der Waals surface area contributed by atoms with Crippen molar-refractivity contribution in [1.29, 1.82) is 0 Å². The highest BCUT2D eigenvalue weighted by Gasteiger charge is 2.30. The van der Waals surface area contributed by atoms with Gasteiger partial charge in [-0.05, 0) is 24.3 Å². The van der Waals surface area contributed by atoms with E-state index in [-0.39, 0.29) is 20.6 Å². The topological polar surface area (TPSA) is 129 Å². The quantitative estimate of drug-likeness (QED) is 0.499. The third kappa shape index (κ3) is 3.73. The molecule has 0 amide bonds. The van der Waals surface area contributed by atoms with Gasteiger partial charge in [0, 0.05) is 11.1 Å². The molecule has 0 unspecified atom stereocenters. The summed E-state index contributed by atoms with van der Waals surface area (Å²) in [6.07, 6.45) is 0. The van der Waals surface area contributed by atoms with Gasteiger partial charge in [-0.15, -0.1) is 0 Å². The molecule has 0 spiro atoms. The van der Waals surface area contributed by atoms with Crippen LogP contribution in [0.5, 0.6) is 0 Å². The zero-order valence-corrected chi connectivity index (χ0v) is 14.9. The third-order valence-electron chi connectivity index (χ3n) is 3.16. The third-order valence-corrected chi connectivity index (χ3v) is 5.13. The number of hydrogen-bond acceptors (Lipinski definition) is 4. The van der Waals surface area contributed by atoms with Crippen LogP contribution in [0, 0.1) is 0 Å². The van der Waals surface area contributed by atoms with E-state index in [1.54, 1.807) is 0 Å². The molecule has 0 heterocycles. The van der Waals surface area contributed by atoms with E-state index in [4.69, 9.17) is 34.8 Å². The second-order valence-corrected chi connectivity index (χ2v) is 7.28. The largest absolute Gasteiger partial charge is 0.478 e. The van der Waals surface area contributed by atoms with Crippen LogP contribution in [0.15, 0.2) is 29.2 Å². The lowest BCUT2D eigenvalue weighted by molar-refractivity contribution is 0.0678. The van der Waals surface area contributed by atoms with Crippen molar-refractivity contribution in [1.82, 2.24) is 0 Å². The smallest absolute Gasteiger partial charge is 0.337 e. The second kappa shape index (κ2) is 6.81. The Balaban J connectivity index is 3.12. The second-order valence-electron chi connectivity index (χ2n) is 4.70. The lowest BCUT2D eigenvalue weighted by Gasteiger charge is -2.15. The van der Waals surface area contributed by atoms with Gasteiger partial charge in [0.2, 0.25) is 0 Å². The zero-order valence-electron chi connectivity index (χ0n) is 11.8. The predicted octanol–water partition coefficient (Wildman–Crippen LogP) is 3.96. The molecule has 0 fully saturated rings. The normalized spacial score (nSPS) is 11.4. The first-order valence-corrected chi connectivity index (χ1v) is 8.78. The standard InChI is InChI=1S/C14H7Cl3O7S/c15-8-4-10(17)9(16)3-7(8)11-5(13(18)19)1-2-6(14(20)21)12(11)25(22,23)24/h1-4H,(H,18,19)(H,20,21)(H,22,23,24). The van der Waals surface area contributed by atoms with Crippen LogP contribution in [0.3, 0.4) is 0 Å². The van der Waals surface area contributed by atoms with E-state index < -0.39 is 43.6 Å². The van der Waals surface area contributed by atoms with Crippen molar-refractivity contribution in [2.24, 2.45) is 0 Å². The maximum atomic E-state index is 11.8. The number of carboxylic acids is 2. The van der Waals surface area contributed by atoms with Crippen LogP contribution in [0.2, 0.25) is 15.1 Å². The molecule has 0 bridgehead atoms. The molecular formula is C14H7Cl3O7S. The van der Waals surface area contributed by atoms with Gasteiger partial charge in [0.15, 0.2) is 0 Å². The Labute approximate surface area is 156 Å². The average Bonchev–Trinajstić information content (AvgIpc) is 2.48. The molecule has 132 valence electrons. The number of rotatable bonds is 4. The van der Waals surface area contributed by atoms with Crippen molar-refractivity contribution in [2.75, 3.05) is 0 Å². The minimum Gasteiger partial charge on any atom is -0.478 e. The van der Waals surface area contributed by atoms with E-state index in [1.165, 1.54) is 0 Å². The Morgan fingerprint density at radius 3 is 1.80 bits per heavy atom. The highest BCUT2D eigenvalue weighted by atomic mass is 35.5. The van der Waals surface area contributed by atoms with Crippen LogP contribution in [-0.4, -0.2) is 35.1 Å². The molecule has 0 aliphatic carbocycles. The first-order valence-electron chi connectivity index (χ1n) is 6.21. The number of aromatic carboxylic acids is 2. The highest BCUT2D eigenvalue weighted by Crippen LogP contribution is 2.41. The van der Waals surface area contributed by atoms with Gasteiger partial charge in [-0.2, -0.15) is 8.42 Å². The van der Waals surface area contributed by atoms with Crippen LogP contribution in [-0.2, 0) is 10.1 Å². The average molecular weight is 426 g/mol. The van der Waals surface area contributed by atoms with E-state index in [0.29, 0.717) is 0 Å². The fourth-order valence-electron chi connectivity index (χ4n) is 2.18. The molecule has 7 nitrogen and oxygen atoms in total. The maximum absolute atomic E-state index is 11.8. The van der Waals surface area contributed by atoms with Crippen LogP contribution in [0.1, 0.15) is 20.7 Å². The SMILES string of the molecule is O=C(O)c1ccc(C(=O)O)c(S(=O)(=O)O)c1-c1cc(Cl)c(Cl)cc1Cl. The molecule has 0 aromatic heterocycles. The molecule has 3 N–H and O–H groups in total. The van der Waals surface area contributed by atoms with E-state index >= 15 is 0 Å². The number of benzene rings is 2. The Morgan fingerprint density at radius 2 is 1.32 bits per heavy atom. The minimum absolute atomic E-state index is 0.00934. The molecule has 11 heteroatoms. The van der Waals surface area contributed by atoms with E-state index in [0.717, 1.165) is 24.3 Å². The number of halogens is 3. The molecule has 25 heavy (non-hydrogen) atoms. The van der Waals surface area contributed by atoms with Crippen molar-refractivity contribution in [2.45, 2.75) is 4.90 Å². The molecule has 0 aliphatic rings. The maximum Gasteiger partial charge on any atom is 0.337 e. The van der Waals surface area contributed by atoms with Gasteiger partial charge in [0.05, 0.1) is 26.2 Å². The summed E-state index contributed by atoms with van der Waals surface area (Å²) in [4.78, 5) is 21.7. The predicted molar refractivity (Wildman–Crippen MR) is 90.6 cm³/mol. The Kier molecular flexibility index (Phi) is 5.31. The first-order chi connectivity index (χ1) is 11.4. The molecule has 2 rings (SSSR count). The van der Waals surface area contributed by atoms with E-state index in [9.17, 15) is 32.8 Å². The van der Waals surface area contributed by atoms with Crippen LogP contribution in [0.4, 0.5) is 0 Å². The van der Waals surface area contributed by atoms with Crippen molar-refractivity contribution in [3.63, 3.8) is 0 Å². The summed E-state index contributed by atoms with van der Waals surface area (Å²) in [5, 5.41) is 18.3. The van der Waals surface area contributed by atoms with Crippen molar-refractivity contribution in [3.8, 4) is 11.1 Å². The van der Waals surface area contributed by atoms with Gasteiger partial charge >= 0.3 is 11.9 Å². The lowest BCUT2D eigenvalue weighted by Crippen LogP contribution is -2.13. The van der Waals surface area contributed by atoms with Gasteiger partial charge < -0.3 is 10.2 Å². The number of hydrogen-bond donors (Lipinski definition) is 3. The summed E-state index contributed by atoms with van der Waals surface area (Å²) in [5.41, 5.74) is -2.26. The van der Waals surface area contributed by atoms with Crippen LogP contribution in [0.25, 0.3) is 11.1 Å². The molecule has 2 aromatic carbocycles. The summed E-state index contributed by atoms with van der Waals surface area (Å²) < 4.78 is 33.1. The fourth-order valence-corrected chi connectivity index (χ4v) is 3.73. The Morgan fingerprint density at radius 1 is 0.840 bits per heavy atom. The molecule has 0 saturated heterocycles. The summed E-state index contributed by atoms with van der Waals surface area (Å²) >= 11 is 17.7. The molecule has 0 radical (unpaired) electrons. The minimum atomic E-state index is -5.13. The van der Waals surface area contributed by atoms with E-state index in [2.05, 4.69) is 0 Å². The fraction of sp³-hybridized carbons (Fsp3) is 0. The monoisotopic (exact) mass is 424 g/mol.